The monoisotopic (exact) mass is 251 g/mol. The fourth-order valence-corrected chi connectivity index (χ4v) is 2.27. The van der Waals surface area contributed by atoms with Gasteiger partial charge in [0.25, 0.3) is 0 Å². The van der Waals surface area contributed by atoms with E-state index in [0.717, 1.165) is 12.2 Å². The molecule has 1 saturated heterocycles. The Kier molecular flexibility index (Phi) is 4.08. The van der Waals surface area contributed by atoms with E-state index in [0.29, 0.717) is 11.8 Å². The van der Waals surface area contributed by atoms with Gasteiger partial charge in [0.05, 0.1) is 6.04 Å². The van der Waals surface area contributed by atoms with Crippen LogP contribution in [0.15, 0.2) is 0 Å². The highest BCUT2D eigenvalue weighted by Gasteiger charge is 2.26. The van der Waals surface area contributed by atoms with Crippen molar-refractivity contribution in [2.75, 3.05) is 11.1 Å². The lowest BCUT2D eigenvalue weighted by Gasteiger charge is -2.08. The fourth-order valence-electron chi connectivity index (χ4n) is 0.979. The molecule has 0 aromatic carbocycles. The second-order valence-electron chi connectivity index (χ2n) is 2.52. The molecule has 0 aromatic heterocycles. The van der Waals surface area contributed by atoms with Gasteiger partial charge in [0.2, 0.25) is 11.0 Å². The second-order valence-corrected chi connectivity index (χ2v) is 4.41. The minimum Gasteiger partial charge on any atom is -0.345 e. The van der Waals surface area contributed by atoms with Crippen molar-refractivity contribution in [2.24, 2.45) is 0 Å². The molecule has 1 rings (SSSR count). The first-order chi connectivity index (χ1) is 5.74. The predicted molar refractivity (Wildman–Crippen MR) is 52.4 cm³/mol. The third kappa shape index (κ3) is 2.79. The zero-order valence-electron chi connectivity index (χ0n) is 6.51. The Morgan fingerprint density at radius 2 is 2.50 bits per heavy atom. The summed E-state index contributed by atoms with van der Waals surface area (Å²) in [5.74, 6) is 0.783. The maximum absolute atomic E-state index is 11.1. The largest absolute Gasteiger partial charge is 0.345 e. The van der Waals surface area contributed by atoms with Crippen molar-refractivity contribution in [3.8, 4) is 0 Å². The molecule has 1 atom stereocenters. The van der Waals surface area contributed by atoms with Crippen LogP contribution in [0.3, 0.4) is 0 Å². The molecule has 0 aromatic rings. The molecule has 68 valence electrons. The van der Waals surface area contributed by atoms with Crippen LogP contribution >= 0.6 is 27.7 Å². The maximum Gasteiger partial charge on any atom is 0.221 e. The summed E-state index contributed by atoms with van der Waals surface area (Å²) in [5.41, 5.74) is 0. The zero-order valence-corrected chi connectivity index (χ0v) is 8.91. The number of hydrogen-bond acceptors (Lipinski definition) is 3. The summed E-state index contributed by atoms with van der Waals surface area (Å²) in [6, 6.07) is -0.235. The molecule has 0 unspecified atom stereocenters. The summed E-state index contributed by atoms with van der Waals surface area (Å²) in [6.45, 7) is 0. The Hall–Kier alpha value is -0.0300. The predicted octanol–water partition coefficient (Wildman–Crippen LogP) is 0.920. The van der Waals surface area contributed by atoms with E-state index in [1.165, 1.54) is 11.8 Å². The smallest absolute Gasteiger partial charge is 0.221 e. The summed E-state index contributed by atoms with van der Waals surface area (Å²) in [6.07, 6.45) is 1.21. The third-order valence-electron chi connectivity index (χ3n) is 1.59. The average Bonchev–Trinajstić information content (AvgIpc) is 2.37. The first kappa shape index (κ1) is 10.1. The lowest BCUT2D eigenvalue weighted by Crippen LogP contribution is -2.37. The number of nitrogens with one attached hydrogen (secondary N) is 1. The molecule has 1 fully saturated rings. The van der Waals surface area contributed by atoms with E-state index in [9.17, 15) is 9.59 Å². The average molecular weight is 252 g/mol. The first-order valence-electron chi connectivity index (χ1n) is 3.76. The Morgan fingerprint density at radius 1 is 1.75 bits per heavy atom. The van der Waals surface area contributed by atoms with Crippen LogP contribution in [0.25, 0.3) is 0 Å². The third-order valence-corrected chi connectivity index (χ3v) is 3.00. The molecule has 0 radical (unpaired) electrons. The minimum absolute atomic E-state index is 0.0484. The molecule has 3 nitrogen and oxygen atoms in total. The number of alkyl halides is 1. The Labute approximate surface area is 83.8 Å². The number of carbonyl (C=O) groups excluding carboxylic acids is 2. The van der Waals surface area contributed by atoms with Crippen LogP contribution in [0.1, 0.15) is 12.8 Å². The van der Waals surface area contributed by atoms with Gasteiger partial charge in [-0.1, -0.05) is 27.7 Å². The van der Waals surface area contributed by atoms with Crippen molar-refractivity contribution in [2.45, 2.75) is 18.9 Å². The summed E-state index contributed by atoms with van der Waals surface area (Å²) >= 11 is 4.46. The van der Waals surface area contributed by atoms with Crippen LogP contribution in [-0.4, -0.2) is 28.1 Å². The number of hydrogen-bond donors (Lipinski definition) is 1. The normalized spacial score (nSPS) is 22.8. The molecule has 0 bridgehead atoms. The van der Waals surface area contributed by atoms with Crippen LogP contribution in [0, 0.1) is 0 Å². The van der Waals surface area contributed by atoms with Crippen LogP contribution in [0.4, 0.5) is 0 Å². The Morgan fingerprint density at radius 3 is 3.00 bits per heavy atom. The van der Waals surface area contributed by atoms with E-state index in [2.05, 4.69) is 21.2 Å². The molecule has 0 spiro atoms. The number of rotatable bonds is 3. The van der Waals surface area contributed by atoms with Gasteiger partial charge in [0.15, 0.2) is 0 Å². The highest BCUT2D eigenvalue weighted by molar-refractivity contribution is 9.09. The van der Waals surface area contributed by atoms with Gasteiger partial charge in [-0.15, -0.1) is 0 Å². The van der Waals surface area contributed by atoms with Gasteiger partial charge in [-0.25, -0.2) is 0 Å². The number of amides is 1. The standard InChI is InChI=1S/C7H10BrNO2S/c8-3-1-6(10)9-5-2-4-12-7(5)11/h5H,1-4H2,(H,9,10)/t5-/m0/s1. The van der Waals surface area contributed by atoms with Gasteiger partial charge in [0.1, 0.15) is 0 Å². The summed E-state index contributed by atoms with van der Waals surface area (Å²) in [5, 5.41) is 3.43. The Balaban J connectivity index is 2.30. The topological polar surface area (TPSA) is 46.2 Å². The quantitative estimate of drug-likeness (QED) is 0.760. The molecule has 0 aliphatic carbocycles. The molecule has 12 heavy (non-hydrogen) atoms. The Bertz CT molecular complexity index is 198. The van der Waals surface area contributed by atoms with Gasteiger partial charge < -0.3 is 5.32 Å². The highest BCUT2D eigenvalue weighted by atomic mass is 79.9. The molecule has 0 saturated carbocycles. The number of thioether (sulfide) groups is 1. The van der Waals surface area contributed by atoms with Gasteiger partial charge in [-0.05, 0) is 6.42 Å². The van der Waals surface area contributed by atoms with Gasteiger partial charge in [-0.2, -0.15) is 0 Å². The van der Waals surface area contributed by atoms with Crippen molar-refractivity contribution >= 4 is 38.7 Å². The second kappa shape index (κ2) is 4.87. The van der Waals surface area contributed by atoms with Crippen molar-refractivity contribution in [3.63, 3.8) is 0 Å². The number of halogens is 1. The molecule has 1 aliphatic heterocycles. The van der Waals surface area contributed by atoms with Crippen LogP contribution in [0.5, 0.6) is 0 Å². The molecule has 1 aliphatic rings. The van der Waals surface area contributed by atoms with Crippen LogP contribution < -0.4 is 5.32 Å². The van der Waals surface area contributed by atoms with Gasteiger partial charge in [-0.3, -0.25) is 9.59 Å². The molecule has 1 N–H and O–H groups in total. The number of carbonyl (C=O) groups is 2. The van der Waals surface area contributed by atoms with E-state index in [1.54, 1.807) is 0 Å². The van der Waals surface area contributed by atoms with Crippen molar-refractivity contribution in [1.29, 1.82) is 0 Å². The van der Waals surface area contributed by atoms with E-state index < -0.39 is 0 Å². The van der Waals surface area contributed by atoms with E-state index in [1.807, 2.05) is 0 Å². The van der Waals surface area contributed by atoms with E-state index in [-0.39, 0.29) is 17.1 Å². The van der Waals surface area contributed by atoms with Crippen molar-refractivity contribution < 1.29 is 9.59 Å². The van der Waals surface area contributed by atoms with E-state index in [4.69, 9.17) is 0 Å². The lowest BCUT2D eigenvalue weighted by atomic mass is 10.2. The minimum atomic E-state index is -0.235. The maximum atomic E-state index is 11.1. The summed E-state index contributed by atoms with van der Waals surface area (Å²) in [4.78, 5) is 22.1. The molecule has 1 amide bonds. The van der Waals surface area contributed by atoms with E-state index >= 15 is 0 Å². The lowest BCUT2D eigenvalue weighted by molar-refractivity contribution is -0.124. The first-order valence-corrected chi connectivity index (χ1v) is 5.86. The molecular weight excluding hydrogens is 242 g/mol. The fraction of sp³-hybridized carbons (Fsp3) is 0.714. The van der Waals surface area contributed by atoms with Crippen molar-refractivity contribution in [1.82, 2.24) is 5.32 Å². The van der Waals surface area contributed by atoms with Gasteiger partial charge in [0, 0.05) is 17.5 Å². The SMILES string of the molecule is O=C(CCBr)N[C@H]1CCSC1=O. The van der Waals surface area contributed by atoms with Crippen molar-refractivity contribution in [3.05, 3.63) is 0 Å². The molecular formula is C7H10BrNO2S. The summed E-state index contributed by atoms with van der Waals surface area (Å²) in [7, 11) is 0. The summed E-state index contributed by atoms with van der Waals surface area (Å²) < 4.78 is 0. The molecule has 1 heterocycles. The zero-order chi connectivity index (χ0) is 8.97. The molecule has 5 heteroatoms. The van der Waals surface area contributed by atoms with Crippen LogP contribution in [-0.2, 0) is 9.59 Å². The van der Waals surface area contributed by atoms with Gasteiger partial charge >= 0.3 is 0 Å². The highest BCUT2D eigenvalue weighted by Crippen LogP contribution is 2.19. The van der Waals surface area contributed by atoms with Crippen LogP contribution in [0.2, 0.25) is 0 Å².